The molecular formula is C16H19N3O2S. The molecule has 1 saturated heterocycles. The molecule has 1 unspecified atom stereocenters. The Hall–Kier alpha value is -1.66. The van der Waals surface area contributed by atoms with Crippen LogP contribution in [0.3, 0.4) is 0 Å². The third-order valence-corrected chi connectivity index (χ3v) is 5.20. The van der Waals surface area contributed by atoms with Crippen LogP contribution in [-0.4, -0.2) is 39.8 Å². The summed E-state index contributed by atoms with van der Waals surface area (Å²) in [5, 5.41) is 6.77. The first-order chi connectivity index (χ1) is 10.8. The van der Waals surface area contributed by atoms with Gasteiger partial charge in [0.15, 0.2) is 0 Å². The first-order valence-electron chi connectivity index (χ1n) is 7.82. The van der Waals surface area contributed by atoms with Crippen LogP contribution in [0.2, 0.25) is 0 Å². The Morgan fingerprint density at radius 2 is 2.32 bits per heavy atom. The molecule has 0 aromatic carbocycles. The highest BCUT2D eigenvalue weighted by Gasteiger charge is 2.30. The summed E-state index contributed by atoms with van der Waals surface area (Å²) >= 11 is 1.70. The van der Waals surface area contributed by atoms with Crippen LogP contribution >= 0.6 is 11.3 Å². The average Bonchev–Trinajstić information content (AvgIpc) is 3.26. The molecule has 1 atom stereocenters. The smallest absolute Gasteiger partial charge is 0.252 e. The second kappa shape index (κ2) is 5.85. The minimum Gasteiger partial charge on any atom is -0.368 e. The number of ether oxygens (including phenoxy) is 1. The molecule has 5 nitrogen and oxygen atoms in total. The van der Waals surface area contributed by atoms with Gasteiger partial charge in [0, 0.05) is 19.7 Å². The molecule has 2 aromatic rings. The third kappa shape index (κ3) is 2.57. The monoisotopic (exact) mass is 317 g/mol. The van der Waals surface area contributed by atoms with Crippen LogP contribution in [0.1, 0.15) is 25.0 Å². The number of hydrogen-bond acceptors (Lipinski definition) is 4. The molecule has 0 bridgehead atoms. The molecular weight excluding hydrogens is 298 g/mol. The summed E-state index contributed by atoms with van der Waals surface area (Å²) in [4.78, 5) is 15.7. The van der Waals surface area contributed by atoms with Crippen LogP contribution in [0.25, 0.3) is 10.6 Å². The Bertz CT molecular complexity index is 659. The van der Waals surface area contributed by atoms with Gasteiger partial charge in [0.1, 0.15) is 11.8 Å². The van der Waals surface area contributed by atoms with E-state index in [2.05, 4.69) is 22.2 Å². The quantitative estimate of drug-likeness (QED) is 0.855. The highest BCUT2D eigenvalue weighted by Crippen LogP contribution is 2.26. The number of fused-ring (bicyclic) bond motifs is 1. The van der Waals surface area contributed by atoms with E-state index in [4.69, 9.17) is 9.84 Å². The van der Waals surface area contributed by atoms with Gasteiger partial charge >= 0.3 is 0 Å². The van der Waals surface area contributed by atoms with Crippen molar-refractivity contribution in [2.75, 3.05) is 13.2 Å². The summed E-state index contributed by atoms with van der Waals surface area (Å²) in [7, 11) is 0. The summed E-state index contributed by atoms with van der Waals surface area (Å²) in [5.74, 6) is 0.143. The highest BCUT2D eigenvalue weighted by atomic mass is 32.1. The minimum atomic E-state index is -0.230. The van der Waals surface area contributed by atoms with E-state index in [0.29, 0.717) is 13.2 Å². The van der Waals surface area contributed by atoms with Crippen molar-refractivity contribution < 1.29 is 9.53 Å². The van der Waals surface area contributed by atoms with Crippen LogP contribution in [0.5, 0.6) is 0 Å². The number of carbonyl (C=O) groups is 1. The third-order valence-electron chi connectivity index (χ3n) is 4.30. The molecule has 0 aliphatic carbocycles. The molecule has 0 N–H and O–H groups in total. The zero-order valence-corrected chi connectivity index (χ0v) is 13.2. The van der Waals surface area contributed by atoms with Crippen LogP contribution in [-0.2, 0) is 22.6 Å². The molecule has 0 radical (unpaired) electrons. The summed E-state index contributed by atoms with van der Waals surface area (Å²) in [6.45, 7) is 3.01. The van der Waals surface area contributed by atoms with Crippen LogP contribution in [0.15, 0.2) is 23.6 Å². The summed E-state index contributed by atoms with van der Waals surface area (Å²) in [6, 6.07) is 6.24. The molecule has 116 valence electrons. The molecule has 2 aliphatic rings. The van der Waals surface area contributed by atoms with E-state index in [1.807, 2.05) is 11.0 Å². The number of amides is 1. The van der Waals surface area contributed by atoms with Crippen molar-refractivity contribution >= 4 is 17.2 Å². The topological polar surface area (TPSA) is 47.4 Å². The van der Waals surface area contributed by atoms with Crippen molar-refractivity contribution in [3.8, 4) is 10.6 Å². The van der Waals surface area contributed by atoms with Gasteiger partial charge in [-0.25, -0.2) is 0 Å². The van der Waals surface area contributed by atoms with E-state index in [1.165, 1.54) is 4.88 Å². The summed E-state index contributed by atoms with van der Waals surface area (Å²) in [6.07, 6.45) is 2.56. The Morgan fingerprint density at radius 3 is 3.09 bits per heavy atom. The van der Waals surface area contributed by atoms with E-state index in [9.17, 15) is 4.79 Å². The molecule has 22 heavy (non-hydrogen) atoms. The molecule has 1 fully saturated rings. The number of carbonyl (C=O) groups excluding carboxylic acids is 1. The summed E-state index contributed by atoms with van der Waals surface area (Å²) < 4.78 is 7.60. The lowest BCUT2D eigenvalue weighted by Crippen LogP contribution is -2.38. The van der Waals surface area contributed by atoms with Gasteiger partial charge in [-0.15, -0.1) is 11.3 Å². The van der Waals surface area contributed by atoms with Crippen molar-refractivity contribution in [2.24, 2.45) is 0 Å². The fraction of sp³-hybridized carbons (Fsp3) is 0.500. The van der Waals surface area contributed by atoms with E-state index in [1.54, 1.807) is 11.3 Å². The normalized spacial score (nSPS) is 21.6. The largest absolute Gasteiger partial charge is 0.368 e. The van der Waals surface area contributed by atoms with Crippen molar-refractivity contribution in [2.45, 2.75) is 38.5 Å². The highest BCUT2D eigenvalue weighted by molar-refractivity contribution is 7.13. The van der Waals surface area contributed by atoms with Gasteiger partial charge in [-0.3, -0.25) is 9.48 Å². The Kier molecular flexibility index (Phi) is 3.72. The van der Waals surface area contributed by atoms with Crippen LogP contribution in [0.4, 0.5) is 0 Å². The number of aryl methyl sites for hydroxylation is 1. The van der Waals surface area contributed by atoms with E-state index >= 15 is 0 Å². The van der Waals surface area contributed by atoms with Gasteiger partial charge in [-0.1, -0.05) is 6.07 Å². The molecule has 4 heterocycles. The maximum Gasteiger partial charge on any atom is 0.252 e. The zero-order chi connectivity index (χ0) is 14.9. The van der Waals surface area contributed by atoms with E-state index in [0.717, 1.165) is 43.7 Å². The molecule has 1 amide bonds. The first-order valence-corrected chi connectivity index (χ1v) is 8.70. The van der Waals surface area contributed by atoms with Crippen molar-refractivity contribution in [3.63, 3.8) is 0 Å². The standard InChI is InChI=1S/C16H19N3O2S/c20-16(14-4-1-8-21-14)18-6-3-7-19-12(11-18)10-13(17-19)15-5-2-9-22-15/h2,5,9-10,14H,1,3-4,6-8,11H2. The molecule has 0 spiro atoms. The molecule has 2 aromatic heterocycles. The Morgan fingerprint density at radius 1 is 1.36 bits per heavy atom. The lowest BCUT2D eigenvalue weighted by molar-refractivity contribution is -0.141. The molecule has 6 heteroatoms. The number of nitrogens with zero attached hydrogens (tertiary/aromatic N) is 3. The predicted molar refractivity (Wildman–Crippen MR) is 84.5 cm³/mol. The zero-order valence-electron chi connectivity index (χ0n) is 12.4. The molecule has 0 saturated carbocycles. The van der Waals surface area contributed by atoms with Gasteiger partial charge in [-0.2, -0.15) is 5.10 Å². The Balaban J connectivity index is 1.56. The van der Waals surface area contributed by atoms with Crippen molar-refractivity contribution in [1.29, 1.82) is 0 Å². The molecule has 4 rings (SSSR count). The van der Waals surface area contributed by atoms with Crippen LogP contribution < -0.4 is 0 Å². The maximum absolute atomic E-state index is 12.6. The SMILES string of the molecule is O=C(C1CCCO1)N1CCCn2nc(-c3cccs3)cc2C1. The van der Waals surface area contributed by atoms with Gasteiger partial charge in [0.25, 0.3) is 5.91 Å². The lowest BCUT2D eigenvalue weighted by atomic mass is 10.2. The lowest BCUT2D eigenvalue weighted by Gasteiger charge is -2.23. The van der Waals surface area contributed by atoms with E-state index < -0.39 is 0 Å². The second-order valence-electron chi connectivity index (χ2n) is 5.84. The van der Waals surface area contributed by atoms with Gasteiger partial charge < -0.3 is 9.64 Å². The van der Waals surface area contributed by atoms with Gasteiger partial charge in [0.05, 0.1) is 17.1 Å². The number of aromatic nitrogens is 2. The fourth-order valence-electron chi connectivity index (χ4n) is 3.17. The Labute approximate surface area is 133 Å². The predicted octanol–water partition coefficient (Wildman–Crippen LogP) is 2.52. The number of hydrogen-bond donors (Lipinski definition) is 0. The average molecular weight is 317 g/mol. The maximum atomic E-state index is 12.6. The molecule has 2 aliphatic heterocycles. The van der Waals surface area contributed by atoms with Crippen molar-refractivity contribution in [1.82, 2.24) is 14.7 Å². The van der Waals surface area contributed by atoms with Gasteiger partial charge in [-0.05, 0) is 36.8 Å². The summed E-state index contributed by atoms with van der Waals surface area (Å²) in [5.41, 5.74) is 2.13. The van der Waals surface area contributed by atoms with E-state index in [-0.39, 0.29) is 12.0 Å². The first kappa shape index (κ1) is 14.0. The fourth-order valence-corrected chi connectivity index (χ4v) is 3.85. The number of thiophene rings is 1. The van der Waals surface area contributed by atoms with Crippen LogP contribution in [0, 0.1) is 0 Å². The number of rotatable bonds is 2. The van der Waals surface area contributed by atoms with Crippen molar-refractivity contribution in [3.05, 3.63) is 29.3 Å². The second-order valence-corrected chi connectivity index (χ2v) is 6.78. The van der Waals surface area contributed by atoms with Gasteiger partial charge in [0.2, 0.25) is 0 Å². The minimum absolute atomic E-state index is 0.143.